The van der Waals surface area contributed by atoms with Crippen LogP contribution in [0.4, 0.5) is 0 Å². The van der Waals surface area contributed by atoms with Crippen molar-refractivity contribution < 1.29 is 9.84 Å². The number of aromatic hydroxyl groups is 1. The minimum atomic E-state index is -0.430. The summed E-state index contributed by atoms with van der Waals surface area (Å²) in [6.07, 6.45) is 9.80. The Bertz CT molecular complexity index is 752. The summed E-state index contributed by atoms with van der Waals surface area (Å²) in [5, 5.41) is 10.7. The lowest BCUT2D eigenvalue weighted by atomic mass is 9.85. The number of fused-ring (bicyclic) bond motifs is 3. The minimum Gasteiger partial charge on any atom is -0.507 e. The Balaban J connectivity index is 1.93. The summed E-state index contributed by atoms with van der Waals surface area (Å²) >= 11 is 0. The summed E-state index contributed by atoms with van der Waals surface area (Å²) < 4.78 is 6.27. The highest BCUT2D eigenvalue weighted by Gasteiger charge is 2.34. The minimum absolute atomic E-state index is 0.289. The second-order valence-corrected chi connectivity index (χ2v) is 7.70. The molecule has 0 spiro atoms. The van der Waals surface area contributed by atoms with E-state index in [1.165, 1.54) is 25.7 Å². The first kappa shape index (κ1) is 17.8. The summed E-state index contributed by atoms with van der Waals surface area (Å²) in [6, 6.07) is 5.99. The van der Waals surface area contributed by atoms with Crippen LogP contribution in [0.15, 0.2) is 30.6 Å². The first-order chi connectivity index (χ1) is 11.9. The van der Waals surface area contributed by atoms with Crippen LogP contribution in [0.5, 0.6) is 11.5 Å². The van der Waals surface area contributed by atoms with Gasteiger partial charge in [-0.2, -0.15) is 0 Å². The predicted molar refractivity (Wildman–Crippen MR) is 102 cm³/mol. The molecule has 1 aliphatic heterocycles. The van der Waals surface area contributed by atoms with E-state index in [9.17, 15) is 5.11 Å². The van der Waals surface area contributed by atoms with E-state index in [1.807, 2.05) is 18.3 Å². The van der Waals surface area contributed by atoms with Gasteiger partial charge in [-0.3, -0.25) is 4.98 Å². The molecule has 1 atom stereocenters. The molecule has 25 heavy (non-hydrogen) atoms. The smallest absolute Gasteiger partial charge is 0.132 e. The normalized spacial score (nSPS) is 15.8. The SMILES string of the molecule is CCCCCCC(C)c1cc(O)c2c(c1)OC(C)(C)c1ccncc1-2. The zero-order chi connectivity index (χ0) is 18.0. The number of phenols is 1. The van der Waals surface area contributed by atoms with Gasteiger partial charge in [-0.1, -0.05) is 39.5 Å². The van der Waals surface area contributed by atoms with Gasteiger partial charge >= 0.3 is 0 Å². The Kier molecular flexibility index (Phi) is 5.03. The lowest BCUT2D eigenvalue weighted by molar-refractivity contribution is 0.105. The van der Waals surface area contributed by atoms with E-state index in [2.05, 4.69) is 38.7 Å². The van der Waals surface area contributed by atoms with E-state index in [4.69, 9.17) is 4.74 Å². The molecule has 1 aromatic carbocycles. The van der Waals surface area contributed by atoms with Crippen molar-refractivity contribution in [3.63, 3.8) is 0 Å². The summed E-state index contributed by atoms with van der Waals surface area (Å²) in [4.78, 5) is 4.25. The summed E-state index contributed by atoms with van der Waals surface area (Å²) in [7, 11) is 0. The van der Waals surface area contributed by atoms with Crippen molar-refractivity contribution in [1.29, 1.82) is 0 Å². The monoisotopic (exact) mass is 339 g/mol. The standard InChI is InChI=1S/C22H29NO2/c1-5-6-7-8-9-15(2)16-12-19(24)21-17-14-23-11-10-18(17)22(3,4)25-20(21)13-16/h10-15,24H,5-9H2,1-4H3. The van der Waals surface area contributed by atoms with Crippen LogP contribution in [-0.4, -0.2) is 10.1 Å². The van der Waals surface area contributed by atoms with Crippen LogP contribution in [0.25, 0.3) is 11.1 Å². The highest BCUT2D eigenvalue weighted by molar-refractivity contribution is 5.81. The van der Waals surface area contributed by atoms with E-state index in [1.54, 1.807) is 6.20 Å². The van der Waals surface area contributed by atoms with Crippen molar-refractivity contribution >= 4 is 0 Å². The maximum Gasteiger partial charge on any atom is 0.132 e. The van der Waals surface area contributed by atoms with Crippen LogP contribution in [0, 0.1) is 0 Å². The third-order valence-corrected chi connectivity index (χ3v) is 5.27. The number of aromatic nitrogens is 1. The molecule has 3 rings (SSSR count). The Morgan fingerprint density at radius 1 is 1.20 bits per heavy atom. The van der Waals surface area contributed by atoms with Gasteiger partial charge in [0.25, 0.3) is 0 Å². The number of ether oxygens (including phenoxy) is 1. The third kappa shape index (κ3) is 3.51. The highest BCUT2D eigenvalue weighted by atomic mass is 16.5. The fourth-order valence-corrected chi connectivity index (χ4v) is 3.75. The Morgan fingerprint density at radius 2 is 2.00 bits per heavy atom. The Labute approximate surface area is 151 Å². The van der Waals surface area contributed by atoms with Gasteiger partial charge in [-0.15, -0.1) is 0 Å². The van der Waals surface area contributed by atoms with Crippen molar-refractivity contribution in [3.8, 4) is 22.6 Å². The molecule has 2 aromatic rings. The van der Waals surface area contributed by atoms with Gasteiger partial charge in [0.2, 0.25) is 0 Å². The number of unbranched alkanes of at least 4 members (excludes halogenated alkanes) is 3. The van der Waals surface area contributed by atoms with Gasteiger partial charge < -0.3 is 9.84 Å². The van der Waals surface area contributed by atoms with Gasteiger partial charge in [-0.05, 0) is 49.9 Å². The van der Waals surface area contributed by atoms with Gasteiger partial charge in [0.05, 0.1) is 5.56 Å². The first-order valence-electron chi connectivity index (χ1n) is 9.45. The lowest BCUT2D eigenvalue weighted by Crippen LogP contribution is -2.29. The number of phenolic OH excluding ortho intramolecular Hbond substituents is 1. The predicted octanol–water partition coefficient (Wildman–Crippen LogP) is 6.16. The molecule has 0 amide bonds. The second kappa shape index (κ2) is 7.07. The van der Waals surface area contributed by atoms with Crippen molar-refractivity contribution in [1.82, 2.24) is 4.98 Å². The highest BCUT2D eigenvalue weighted by Crippen LogP contribution is 2.49. The van der Waals surface area contributed by atoms with E-state index >= 15 is 0 Å². The third-order valence-electron chi connectivity index (χ3n) is 5.27. The summed E-state index contributed by atoms with van der Waals surface area (Å²) in [5.41, 5.74) is 3.51. The molecule has 0 radical (unpaired) electrons. The molecule has 134 valence electrons. The molecular weight excluding hydrogens is 310 g/mol. The molecule has 2 heterocycles. The quantitative estimate of drug-likeness (QED) is 0.641. The molecule has 0 fully saturated rings. The zero-order valence-electron chi connectivity index (χ0n) is 15.8. The van der Waals surface area contributed by atoms with E-state index in [0.717, 1.165) is 34.4 Å². The van der Waals surface area contributed by atoms with E-state index < -0.39 is 5.60 Å². The summed E-state index contributed by atoms with van der Waals surface area (Å²) in [6.45, 7) is 8.59. The molecular formula is C22H29NO2. The van der Waals surface area contributed by atoms with Crippen molar-refractivity contribution in [2.24, 2.45) is 0 Å². The zero-order valence-corrected chi connectivity index (χ0v) is 15.8. The maximum absolute atomic E-state index is 10.7. The molecule has 1 unspecified atom stereocenters. The average molecular weight is 339 g/mol. The number of benzene rings is 1. The molecule has 0 saturated heterocycles. The van der Waals surface area contributed by atoms with Gasteiger partial charge in [-0.25, -0.2) is 0 Å². The van der Waals surface area contributed by atoms with Gasteiger partial charge in [0.15, 0.2) is 0 Å². The molecule has 0 aliphatic carbocycles. The molecule has 0 bridgehead atoms. The largest absolute Gasteiger partial charge is 0.507 e. The molecule has 1 aromatic heterocycles. The number of hydrogen-bond donors (Lipinski definition) is 1. The van der Waals surface area contributed by atoms with E-state index in [0.29, 0.717) is 5.92 Å². The number of rotatable bonds is 6. The fraction of sp³-hybridized carbons (Fsp3) is 0.500. The molecule has 3 nitrogen and oxygen atoms in total. The van der Waals surface area contributed by atoms with E-state index in [-0.39, 0.29) is 5.75 Å². The number of pyridine rings is 1. The van der Waals surface area contributed by atoms with Crippen LogP contribution < -0.4 is 4.74 Å². The summed E-state index contributed by atoms with van der Waals surface area (Å²) in [5.74, 6) is 1.47. The number of nitrogens with zero attached hydrogens (tertiary/aromatic N) is 1. The molecule has 0 saturated carbocycles. The van der Waals surface area contributed by atoms with Crippen molar-refractivity contribution in [3.05, 3.63) is 41.7 Å². The van der Waals surface area contributed by atoms with Crippen LogP contribution in [0.2, 0.25) is 0 Å². The number of hydrogen-bond acceptors (Lipinski definition) is 3. The first-order valence-corrected chi connectivity index (χ1v) is 9.45. The lowest BCUT2D eigenvalue weighted by Gasteiger charge is -2.35. The second-order valence-electron chi connectivity index (χ2n) is 7.70. The molecule has 3 heteroatoms. The topological polar surface area (TPSA) is 42.4 Å². The van der Waals surface area contributed by atoms with Crippen LogP contribution in [0.1, 0.15) is 76.8 Å². The Morgan fingerprint density at radius 3 is 2.76 bits per heavy atom. The van der Waals surface area contributed by atoms with Crippen LogP contribution in [0.3, 0.4) is 0 Å². The van der Waals surface area contributed by atoms with Crippen molar-refractivity contribution in [2.75, 3.05) is 0 Å². The van der Waals surface area contributed by atoms with Crippen molar-refractivity contribution in [2.45, 2.75) is 71.3 Å². The Hall–Kier alpha value is -2.03. The average Bonchev–Trinajstić information content (AvgIpc) is 2.57. The maximum atomic E-state index is 10.7. The van der Waals surface area contributed by atoms with Gasteiger partial charge in [0, 0.05) is 23.5 Å². The van der Waals surface area contributed by atoms with Crippen LogP contribution in [-0.2, 0) is 5.60 Å². The molecule has 1 aliphatic rings. The van der Waals surface area contributed by atoms with Crippen LogP contribution >= 0.6 is 0 Å². The molecule has 1 N–H and O–H groups in total. The van der Waals surface area contributed by atoms with Gasteiger partial charge in [0.1, 0.15) is 17.1 Å². The fourth-order valence-electron chi connectivity index (χ4n) is 3.75.